The SMILES string of the molecule is CCOC(=O)CC(=O)c1cc(Br)ccc1C. The van der Waals surface area contributed by atoms with E-state index in [-0.39, 0.29) is 12.2 Å². The minimum absolute atomic E-state index is 0.203. The summed E-state index contributed by atoms with van der Waals surface area (Å²) in [5, 5.41) is 0. The highest BCUT2D eigenvalue weighted by molar-refractivity contribution is 9.10. The van der Waals surface area contributed by atoms with Crippen LogP contribution in [0.25, 0.3) is 0 Å². The summed E-state index contributed by atoms with van der Waals surface area (Å²) in [5.41, 5.74) is 1.42. The molecule has 0 heterocycles. The lowest BCUT2D eigenvalue weighted by atomic mass is 10.0. The van der Waals surface area contributed by atoms with E-state index in [0.717, 1.165) is 10.0 Å². The van der Waals surface area contributed by atoms with Crippen LogP contribution in [0.2, 0.25) is 0 Å². The summed E-state index contributed by atoms with van der Waals surface area (Å²) in [4.78, 5) is 22.9. The summed E-state index contributed by atoms with van der Waals surface area (Å²) < 4.78 is 5.56. The van der Waals surface area contributed by atoms with Crippen molar-refractivity contribution in [3.8, 4) is 0 Å². The first-order valence-corrected chi connectivity index (χ1v) is 5.79. The lowest BCUT2D eigenvalue weighted by Gasteiger charge is -2.05. The first-order chi connectivity index (χ1) is 7.54. The van der Waals surface area contributed by atoms with Gasteiger partial charge in [-0.25, -0.2) is 0 Å². The number of esters is 1. The van der Waals surface area contributed by atoms with Crippen LogP contribution in [-0.2, 0) is 9.53 Å². The van der Waals surface area contributed by atoms with Crippen molar-refractivity contribution in [3.63, 3.8) is 0 Å². The molecule has 1 aromatic carbocycles. The highest BCUT2D eigenvalue weighted by Crippen LogP contribution is 2.17. The van der Waals surface area contributed by atoms with Gasteiger partial charge in [0.1, 0.15) is 6.42 Å². The van der Waals surface area contributed by atoms with Gasteiger partial charge < -0.3 is 4.74 Å². The predicted molar refractivity (Wildman–Crippen MR) is 64.5 cm³/mol. The van der Waals surface area contributed by atoms with Crippen molar-refractivity contribution < 1.29 is 14.3 Å². The van der Waals surface area contributed by atoms with Gasteiger partial charge in [-0.2, -0.15) is 0 Å². The Balaban J connectivity index is 2.80. The van der Waals surface area contributed by atoms with Gasteiger partial charge in [-0.1, -0.05) is 22.0 Å². The molecular weight excluding hydrogens is 272 g/mol. The van der Waals surface area contributed by atoms with Gasteiger partial charge in [0.25, 0.3) is 0 Å². The molecule has 0 amide bonds. The molecule has 0 saturated heterocycles. The predicted octanol–water partition coefficient (Wildman–Crippen LogP) is 2.89. The summed E-state index contributed by atoms with van der Waals surface area (Å²) in [6.07, 6.45) is -0.203. The Labute approximate surface area is 103 Å². The van der Waals surface area contributed by atoms with E-state index in [4.69, 9.17) is 4.74 Å². The number of carbonyl (C=O) groups excluding carboxylic acids is 2. The fourth-order valence-corrected chi connectivity index (χ4v) is 1.69. The molecule has 16 heavy (non-hydrogen) atoms. The summed E-state index contributed by atoms with van der Waals surface area (Å²) in [7, 11) is 0. The van der Waals surface area contributed by atoms with Crippen LogP contribution in [0.4, 0.5) is 0 Å². The first kappa shape index (κ1) is 12.9. The third kappa shape index (κ3) is 3.45. The van der Waals surface area contributed by atoms with E-state index in [2.05, 4.69) is 15.9 Å². The van der Waals surface area contributed by atoms with Crippen LogP contribution >= 0.6 is 15.9 Å². The number of Topliss-reactive ketones (excluding diaryl/α,β-unsaturated/α-hetero) is 1. The number of benzene rings is 1. The highest BCUT2D eigenvalue weighted by Gasteiger charge is 2.14. The van der Waals surface area contributed by atoms with Crippen LogP contribution in [0.15, 0.2) is 22.7 Å². The molecular formula is C12H13BrO3. The molecule has 0 spiro atoms. The number of hydrogen-bond acceptors (Lipinski definition) is 3. The molecule has 3 nitrogen and oxygen atoms in total. The average molecular weight is 285 g/mol. The van der Waals surface area contributed by atoms with E-state index in [9.17, 15) is 9.59 Å². The van der Waals surface area contributed by atoms with E-state index < -0.39 is 5.97 Å². The molecule has 0 saturated carbocycles. The smallest absolute Gasteiger partial charge is 0.313 e. The molecule has 4 heteroatoms. The molecule has 1 rings (SSSR count). The summed E-state index contributed by atoms with van der Waals surface area (Å²) >= 11 is 3.29. The summed E-state index contributed by atoms with van der Waals surface area (Å²) in [5.74, 6) is -0.691. The largest absolute Gasteiger partial charge is 0.466 e. The lowest BCUT2D eigenvalue weighted by Crippen LogP contribution is -2.12. The Bertz CT molecular complexity index is 413. The molecule has 0 aromatic heterocycles. The zero-order valence-electron chi connectivity index (χ0n) is 9.25. The molecule has 0 aliphatic rings. The summed E-state index contributed by atoms with van der Waals surface area (Å²) in [6.45, 7) is 3.85. The minimum Gasteiger partial charge on any atom is -0.466 e. The molecule has 1 aromatic rings. The van der Waals surface area contributed by atoms with E-state index >= 15 is 0 Å². The third-order valence-corrected chi connectivity index (χ3v) is 2.60. The molecule has 0 radical (unpaired) electrons. The van der Waals surface area contributed by atoms with Crippen molar-refractivity contribution in [2.24, 2.45) is 0 Å². The molecule has 0 aliphatic heterocycles. The quantitative estimate of drug-likeness (QED) is 0.485. The molecule has 86 valence electrons. The van der Waals surface area contributed by atoms with Crippen molar-refractivity contribution in [1.82, 2.24) is 0 Å². The molecule has 0 aliphatic carbocycles. The van der Waals surface area contributed by atoms with Crippen LogP contribution in [0.3, 0.4) is 0 Å². The molecule has 0 atom stereocenters. The lowest BCUT2D eigenvalue weighted by molar-refractivity contribution is -0.141. The Kier molecular flexibility index (Phi) is 4.68. The van der Waals surface area contributed by atoms with Gasteiger partial charge in [-0.3, -0.25) is 9.59 Å². The highest BCUT2D eigenvalue weighted by atomic mass is 79.9. The van der Waals surface area contributed by atoms with Gasteiger partial charge in [0, 0.05) is 10.0 Å². The average Bonchev–Trinajstić information content (AvgIpc) is 2.21. The van der Waals surface area contributed by atoms with E-state index in [1.165, 1.54) is 0 Å². The van der Waals surface area contributed by atoms with Crippen molar-refractivity contribution in [3.05, 3.63) is 33.8 Å². The topological polar surface area (TPSA) is 43.4 Å². The maximum atomic E-state index is 11.8. The van der Waals surface area contributed by atoms with Gasteiger partial charge in [0.2, 0.25) is 0 Å². The third-order valence-electron chi connectivity index (χ3n) is 2.11. The Morgan fingerprint density at radius 1 is 1.38 bits per heavy atom. The van der Waals surface area contributed by atoms with Gasteiger partial charge in [-0.05, 0) is 31.5 Å². The minimum atomic E-state index is -0.480. The number of carbonyl (C=O) groups is 2. The van der Waals surface area contributed by atoms with E-state index in [1.807, 2.05) is 19.1 Å². The zero-order valence-corrected chi connectivity index (χ0v) is 10.8. The van der Waals surface area contributed by atoms with Crippen molar-refractivity contribution in [2.75, 3.05) is 6.61 Å². The maximum Gasteiger partial charge on any atom is 0.313 e. The Hall–Kier alpha value is -1.16. The second-order valence-electron chi connectivity index (χ2n) is 3.36. The van der Waals surface area contributed by atoms with Gasteiger partial charge >= 0.3 is 5.97 Å². The van der Waals surface area contributed by atoms with Crippen molar-refractivity contribution >= 4 is 27.7 Å². The van der Waals surface area contributed by atoms with E-state index in [1.54, 1.807) is 13.0 Å². The van der Waals surface area contributed by atoms with Crippen LogP contribution in [0.5, 0.6) is 0 Å². The standard InChI is InChI=1S/C12H13BrO3/c1-3-16-12(15)7-11(14)10-6-9(13)5-4-8(10)2/h4-6H,3,7H2,1-2H3. The summed E-state index contributed by atoms with van der Waals surface area (Å²) in [6, 6.07) is 5.41. The van der Waals surface area contributed by atoms with E-state index in [0.29, 0.717) is 12.2 Å². The van der Waals surface area contributed by atoms with Crippen LogP contribution in [0.1, 0.15) is 29.3 Å². The van der Waals surface area contributed by atoms with Crippen molar-refractivity contribution in [2.45, 2.75) is 20.3 Å². The first-order valence-electron chi connectivity index (χ1n) is 4.99. The van der Waals surface area contributed by atoms with Gasteiger partial charge in [0.15, 0.2) is 5.78 Å². The number of ether oxygens (including phenoxy) is 1. The second kappa shape index (κ2) is 5.80. The van der Waals surface area contributed by atoms with Crippen LogP contribution in [-0.4, -0.2) is 18.4 Å². The molecule has 0 unspecified atom stereocenters. The monoisotopic (exact) mass is 284 g/mol. The molecule has 0 fully saturated rings. The Morgan fingerprint density at radius 3 is 2.69 bits per heavy atom. The fraction of sp³-hybridized carbons (Fsp3) is 0.333. The normalized spacial score (nSPS) is 9.94. The number of rotatable bonds is 4. The zero-order chi connectivity index (χ0) is 12.1. The van der Waals surface area contributed by atoms with Crippen LogP contribution in [0, 0.1) is 6.92 Å². The molecule has 0 N–H and O–H groups in total. The number of hydrogen-bond donors (Lipinski definition) is 0. The number of aryl methyl sites for hydroxylation is 1. The second-order valence-corrected chi connectivity index (χ2v) is 4.28. The van der Waals surface area contributed by atoms with Gasteiger partial charge in [-0.15, -0.1) is 0 Å². The maximum absolute atomic E-state index is 11.8. The number of halogens is 1. The number of ketones is 1. The van der Waals surface area contributed by atoms with Gasteiger partial charge in [0.05, 0.1) is 6.61 Å². The van der Waals surface area contributed by atoms with Crippen LogP contribution < -0.4 is 0 Å². The Morgan fingerprint density at radius 2 is 2.06 bits per heavy atom. The molecule has 0 bridgehead atoms. The fourth-order valence-electron chi connectivity index (χ4n) is 1.33. The van der Waals surface area contributed by atoms with Crippen molar-refractivity contribution in [1.29, 1.82) is 0 Å².